The molecule has 8 nitrogen and oxygen atoms in total. The highest BCUT2D eigenvalue weighted by Crippen LogP contribution is 2.29. The molecule has 0 aliphatic carbocycles. The molecule has 0 bridgehead atoms. The second-order valence-electron chi connectivity index (χ2n) is 8.77. The molecular weight excluding hydrogens is 422 g/mol. The van der Waals surface area contributed by atoms with Gasteiger partial charge in [0.05, 0.1) is 6.26 Å². The van der Waals surface area contributed by atoms with E-state index in [0.29, 0.717) is 24.7 Å². The van der Waals surface area contributed by atoms with Gasteiger partial charge in [-0.1, -0.05) is 44.2 Å². The molecule has 0 spiro atoms. The number of ether oxygens (including phenoxy) is 1. The van der Waals surface area contributed by atoms with Gasteiger partial charge in [0.1, 0.15) is 12.4 Å². The first-order valence-corrected chi connectivity index (χ1v) is 12.7. The first kappa shape index (κ1) is 21.2. The van der Waals surface area contributed by atoms with E-state index in [-0.39, 0.29) is 11.3 Å². The largest absolute Gasteiger partial charge is 0.486 e. The molecule has 0 N–H and O–H groups in total. The molecular formula is C20H27N5O3S2. The lowest BCUT2D eigenvalue weighted by atomic mass is 9.87. The summed E-state index contributed by atoms with van der Waals surface area (Å²) in [4.78, 5) is 0.697. The molecule has 1 aliphatic heterocycles. The van der Waals surface area contributed by atoms with E-state index in [0.717, 1.165) is 29.4 Å². The second kappa shape index (κ2) is 7.90. The Morgan fingerprint density at radius 2 is 1.93 bits per heavy atom. The quantitative estimate of drug-likeness (QED) is 0.594. The van der Waals surface area contributed by atoms with Crippen LogP contribution >= 0.6 is 11.3 Å². The predicted octanol–water partition coefficient (Wildman–Crippen LogP) is 3.20. The monoisotopic (exact) mass is 449 g/mol. The molecule has 1 atom stereocenters. The van der Waals surface area contributed by atoms with Gasteiger partial charge >= 0.3 is 0 Å². The molecule has 3 heterocycles. The fourth-order valence-electron chi connectivity index (χ4n) is 3.64. The molecule has 1 fully saturated rings. The van der Waals surface area contributed by atoms with Gasteiger partial charge in [0.2, 0.25) is 15.0 Å². The Morgan fingerprint density at radius 3 is 2.60 bits per heavy atom. The Kier molecular flexibility index (Phi) is 5.58. The number of sulfonamides is 1. The summed E-state index contributed by atoms with van der Waals surface area (Å²) in [6.45, 7) is 7.87. The Labute approximate surface area is 180 Å². The SMILES string of the molecule is CC(C)(C)c1ccc(OCc2nn3c(C4CCCN(S(C)(=O)=O)C4)nnc3s2)cc1. The minimum Gasteiger partial charge on any atom is -0.486 e. The standard InChI is InChI=1S/C20H27N5O3S2/c1-20(2,3)15-7-9-16(10-8-15)28-13-17-23-25-18(21-22-19(25)29-17)14-6-5-11-24(12-14)30(4,26)27/h7-10,14H,5-6,11-13H2,1-4H3. The van der Waals surface area contributed by atoms with Gasteiger partial charge < -0.3 is 4.74 Å². The highest BCUT2D eigenvalue weighted by atomic mass is 32.2. The van der Waals surface area contributed by atoms with Crippen molar-refractivity contribution in [3.8, 4) is 5.75 Å². The van der Waals surface area contributed by atoms with Crippen molar-refractivity contribution in [2.45, 2.75) is 51.6 Å². The smallest absolute Gasteiger partial charge is 0.234 e. The van der Waals surface area contributed by atoms with E-state index >= 15 is 0 Å². The summed E-state index contributed by atoms with van der Waals surface area (Å²) in [5.74, 6) is 1.50. The molecule has 4 rings (SSSR count). The van der Waals surface area contributed by atoms with Crippen molar-refractivity contribution in [2.24, 2.45) is 0 Å². The maximum atomic E-state index is 11.9. The molecule has 0 radical (unpaired) electrons. The van der Waals surface area contributed by atoms with Gasteiger partial charge in [-0.3, -0.25) is 0 Å². The average molecular weight is 450 g/mol. The van der Waals surface area contributed by atoms with Crippen molar-refractivity contribution < 1.29 is 13.2 Å². The van der Waals surface area contributed by atoms with Crippen LogP contribution in [0.3, 0.4) is 0 Å². The minimum atomic E-state index is -3.21. The third-order valence-corrected chi connectivity index (χ3v) is 7.50. The van der Waals surface area contributed by atoms with Crippen LogP contribution in [0, 0.1) is 0 Å². The fourth-order valence-corrected chi connectivity index (χ4v) is 5.30. The van der Waals surface area contributed by atoms with Crippen LogP contribution < -0.4 is 4.74 Å². The van der Waals surface area contributed by atoms with E-state index in [9.17, 15) is 8.42 Å². The number of benzene rings is 1. The number of fused-ring (bicyclic) bond motifs is 1. The van der Waals surface area contributed by atoms with Crippen molar-refractivity contribution in [1.29, 1.82) is 0 Å². The van der Waals surface area contributed by atoms with Crippen LogP contribution in [-0.4, -0.2) is 51.9 Å². The Bertz CT molecular complexity index is 1130. The highest BCUT2D eigenvalue weighted by Gasteiger charge is 2.30. The van der Waals surface area contributed by atoms with Gasteiger partial charge in [-0.2, -0.15) is 9.61 Å². The first-order valence-electron chi connectivity index (χ1n) is 10.0. The van der Waals surface area contributed by atoms with Crippen molar-refractivity contribution in [1.82, 2.24) is 24.1 Å². The third kappa shape index (κ3) is 4.50. The average Bonchev–Trinajstić information content (AvgIpc) is 3.26. The third-order valence-electron chi connectivity index (χ3n) is 5.36. The molecule has 162 valence electrons. The van der Waals surface area contributed by atoms with E-state index in [1.807, 2.05) is 12.1 Å². The van der Waals surface area contributed by atoms with Crippen LogP contribution in [0.2, 0.25) is 0 Å². The highest BCUT2D eigenvalue weighted by molar-refractivity contribution is 7.88. The maximum Gasteiger partial charge on any atom is 0.234 e. The molecule has 0 saturated carbocycles. The molecule has 0 amide bonds. The van der Waals surface area contributed by atoms with E-state index in [1.54, 1.807) is 4.52 Å². The molecule has 1 aliphatic rings. The van der Waals surface area contributed by atoms with E-state index in [2.05, 4.69) is 48.2 Å². The number of nitrogens with zero attached hydrogens (tertiary/aromatic N) is 5. The summed E-state index contributed by atoms with van der Waals surface area (Å²) in [5.41, 5.74) is 1.36. The molecule has 1 unspecified atom stereocenters. The van der Waals surface area contributed by atoms with Gasteiger partial charge in [-0.15, -0.1) is 10.2 Å². The number of hydrogen-bond donors (Lipinski definition) is 0. The topological polar surface area (TPSA) is 89.7 Å². The van der Waals surface area contributed by atoms with Gasteiger partial charge in [0.25, 0.3) is 0 Å². The number of hydrogen-bond acceptors (Lipinski definition) is 7. The van der Waals surface area contributed by atoms with Crippen LogP contribution in [0.5, 0.6) is 5.75 Å². The second-order valence-corrected chi connectivity index (χ2v) is 11.8. The van der Waals surface area contributed by atoms with Crippen LogP contribution in [-0.2, 0) is 22.0 Å². The zero-order chi connectivity index (χ0) is 21.5. The lowest BCUT2D eigenvalue weighted by Gasteiger charge is -2.29. The van der Waals surface area contributed by atoms with Crippen LogP contribution in [0.15, 0.2) is 24.3 Å². The van der Waals surface area contributed by atoms with E-state index in [1.165, 1.54) is 27.5 Å². The van der Waals surface area contributed by atoms with Crippen LogP contribution in [0.25, 0.3) is 4.96 Å². The maximum absolute atomic E-state index is 11.9. The Morgan fingerprint density at radius 1 is 1.20 bits per heavy atom. The summed E-state index contributed by atoms with van der Waals surface area (Å²) in [5, 5.41) is 14.0. The van der Waals surface area contributed by atoms with E-state index < -0.39 is 10.0 Å². The molecule has 1 aromatic carbocycles. The summed E-state index contributed by atoms with van der Waals surface area (Å²) in [6.07, 6.45) is 2.93. The zero-order valence-corrected chi connectivity index (χ0v) is 19.3. The summed E-state index contributed by atoms with van der Waals surface area (Å²) in [6, 6.07) is 8.13. The zero-order valence-electron chi connectivity index (χ0n) is 17.7. The Balaban J connectivity index is 1.47. The summed E-state index contributed by atoms with van der Waals surface area (Å²) < 4.78 is 33.0. The van der Waals surface area contributed by atoms with E-state index in [4.69, 9.17) is 4.74 Å². The Hall–Kier alpha value is -2.04. The van der Waals surface area contributed by atoms with Crippen molar-refractivity contribution in [2.75, 3.05) is 19.3 Å². The minimum absolute atomic E-state index is 0.00992. The van der Waals surface area contributed by atoms with Crippen LogP contribution in [0.1, 0.15) is 55.9 Å². The van der Waals surface area contributed by atoms with Crippen molar-refractivity contribution in [3.63, 3.8) is 0 Å². The number of piperidine rings is 1. The molecule has 2 aromatic heterocycles. The predicted molar refractivity (Wildman–Crippen MR) is 117 cm³/mol. The number of aromatic nitrogens is 4. The lowest BCUT2D eigenvalue weighted by Crippen LogP contribution is -2.38. The summed E-state index contributed by atoms with van der Waals surface area (Å²) in [7, 11) is -3.21. The van der Waals surface area contributed by atoms with Gasteiger partial charge in [0, 0.05) is 19.0 Å². The lowest BCUT2D eigenvalue weighted by molar-refractivity contribution is 0.300. The fraction of sp³-hybridized carbons (Fsp3) is 0.550. The van der Waals surface area contributed by atoms with Crippen molar-refractivity contribution >= 4 is 26.3 Å². The van der Waals surface area contributed by atoms with Gasteiger partial charge in [-0.05, 0) is 36.0 Å². The van der Waals surface area contributed by atoms with Crippen molar-refractivity contribution in [3.05, 3.63) is 40.7 Å². The molecule has 1 saturated heterocycles. The van der Waals surface area contributed by atoms with Gasteiger partial charge in [-0.25, -0.2) is 12.7 Å². The van der Waals surface area contributed by atoms with Crippen LogP contribution in [0.4, 0.5) is 0 Å². The normalized spacial score (nSPS) is 18.7. The summed E-state index contributed by atoms with van der Waals surface area (Å²) >= 11 is 1.44. The number of rotatable bonds is 5. The molecule has 10 heteroatoms. The molecule has 3 aromatic rings. The molecule has 30 heavy (non-hydrogen) atoms. The first-order chi connectivity index (χ1) is 14.1. The van der Waals surface area contributed by atoms with Gasteiger partial charge in [0.15, 0.2) is 10.8 Å².